The van der Waals surface area contributed by atoms with Crippen molar-refractivity contribution in [3.8, 4) is 11.5 Å². The largest absolute Gasteiger partial charge is 0.495 e. The van der Waals surface area contributed by atoms with Gasteiger partial charge in [-0.05, 0) is 49.7 Å². The molecule has 0 spiro atoms. The molecule has 1 amide bonds. The number of carbonyl (C=O) groups is 1. The Balaban J connectivity index is 0.00000363. The molecule has 1 aromatic heterocycles. The lowest BCUT2D eigenvalue weighted by molar-refractivity contribution is 0.0983. The molecule has 174 valence electrons. The van der Waals surface area contributed by atoms with Gasteiger partial charge in [0.2, 0.25) is 0 Å². The molecule has 0 aliphatic carbocycles. The number of benzene rings is 2. The number of hydrogen-bond donors (Lipinski definition) is 0. The highest BCUT2D eigenvalue weighted by molar-refractivity contribution is 7.98. The predicted octanol–water partition coefficient (Wildman–Crippen LogP) is 5.45. The summed E-state index contributed by atoms with van der Waals surface area (Å²) in [7, 11) is 3.26. The van der Waals surface area contributed by atoms with Crippen LogP contribution in [-0.4, -0.2) is 62.4 Å². The zero-order valence-electron chi connectivity index (χ0n) is 19.1. The SMILES string of the molecule is CCN(CC)CCN(C(=O)c1cccc(SC)c1)c1nc2c(OC)ccc(OC)c2s1.Cl. The number of halogens is 1. The number of thioether (sulfide) groups is 1. The van der Waals surface area contributed by atoms with E-state index in [0.29, 0.717) is 28.5 Å². The van der Waals surface area contributed by atoms with E-state index in [2.05, 4.69) is 18.7 Å². The molecule has 0 radical (unpaired) electrons. The third-order valence-electron chi connectivity index (χ3n) is 5.23. The molecule has 32 heavy (non-hydrogen) atoms. The second-order valence-corrected chi connectivity index (χ2v) is 8.72. The lowest BCUT2D eigenvalue weighted by Crippen LogP contribution is -2.38. The molecule has 3 rings (SSSR count). The van der Waals surface area contributed by atoms with Gasteiger partial charge < -0.3 is 14.4 Å². The monoisotopic (exact) mass is 495 g/mol. The second kappa shape index (κ2) is 12.3. The number of fused-ring (bicyclic) bond motifs is 1. The minimum absolute atomic E-state index is 0. The fourth-order valence-electron chi connectivity index (χ4n) is 3.37. The summed E-state index contributed by atoms with van der Waals surface area (Å²) in [5, 5.41) is 0.643. The lowest BCUT2D eigenvalue weighted by atomic mass is 10.2. The summed E-state index contributed by atoms with van der Waals surface area (Å²) < 4.78 is 11.9. The first-order valence-electron chi connectivity index (χ1n) is 10.3. The van der Waals surface area contributed by atoms with E-state index in [4.69, 9.17) is 14.5 Å². The number of hydrogen-bond acceptors (Lipinski definition) is 7. The van der Waals surface area contributed by atoms with Crippen LogP contribution in [0.15, 0.2) is 41.3 Å². The molecule has 0 atom stereocenters. The summed E-state index contributed by atoms with van der Waals surface area (Å²) in [6.45, 7) is 7.44. The van der Waals surface area contributed by atoms with Crippen LogP contribution >= 0.6 is 35.5 Å². The number of anilines is 1. The second-order valence-electron chi connectivity index (χ2n) is 6.86. The van der Waals surface area contributed by atoms with Crippen molar-refractivity contribution in [2.24, 2.45) is 0 Å². The Morgan fingerprint density at radius 3 is 2.38 bits per heavy atom. The van der Waals surface area contributed by atoms with Crippen LogP contribution in [0.3, 0.4) is 0 Å². The molecule has 0 saturated carbocycles. The lowest BCUT2D eigenvalue weighted by Gasteiger charge is -2.25. The molecule has 9 heteroatoms. The van der Waals surface area contributed by atoms with Gasteiger partial charge in [0.05, 0.1) is 14.2 Å². The highest BCUT2D eigenvalue weighted by atomic mass is 35.5. The van der Waals surface area contributed by atoms with E-state index in [0.717, 1.165) is 35.0 Å². The number of rotatable bonds is 10. The van der Waals surface area contributed by atoms with Gasteiger partial charge in [-0.3, -0.25) is 9.69 Å². The topological polar surface area (TPSA) is 54.9 Å². The highest BCUT2D eigenvalue weighted by Gasteiger charge is 2.24. The molecule has 0 bridgehead atoms. The molecular formula is C23H30ClN3O3S2. The summed E-state index contributed by atoms with van der Waals surface area (Å²) >= 11 is 3.07. The van der Waals surface area contributed by atoms with Crippen LogP contribution in [0.25, 0.3) is 10.2 Å². The van der Waals surface area contributed by atoms with Crippen LogP contribution in [0.5, 0.6) is 11.5 Å². The molecule has 0 fully saturated rings. The molecule has 0 aliphatic heterocycles. The Morgan fingerprint density at radius 2 is 1.75 bits per heavy atom. The first kappa shape index (κ1) is 26.3. The number of aromatic nitrogens is 1. The maximum atomic E-state index is 13.6. The van der Waals surface area contributed by atoms with Gasteiger partial charge in [-0.15, -0.1) is 24.2 Å². The molecule has 6 nitrogen and oxygen atoms in total. The number of likely N-dealkylation sites (N-methyl/N-ethyl adjacent to an activating group) is 1. The number of carbonyl (C=O) groups excluding carboxylic acids is 1. The van der Waals surface area contributed by atoms with Crippen molar-refractivity contribution in [1.82, 2.24) is 9.88 Å². The van der Waals surface area contributed by atoms with Gasteiger partial charge in [-0.2, -0.15) is 0 Å². The molecule has 0 N–H and O–H groups in total. The van der Waals surface area contributed by atoms with Crippen molar-refractivity contribution in [2.75, 3.05) is 51.6 Å². The minimum Gasteiger partial charge on any atom is -0.495 e. The summed E-state index contributed by atoms with van der Waals surface area (Å²) in [5.74, 6) is 1.33. The van der Waals surface area contributed by atoms with E-state index < -0.39 is 0 Å². The minimum atomic E-state index is -0.0555. The first-order chi connectivity index (χ1) is 15.1. The van der Waals surface area contributed by atoms with Crippen LogP contribution in [0.1, 0.15) is 24.2 Å². The average molecular weight is 496 g/mol. The van der Waals surface area contributed by atoms with Crippen molar-refractivity contribution in [2.45, 2.75) is 18.7 Å². The van der Waals surface area contributed by atoms with E-state index >= 15 is 0 Å². The Kier molecular flexibility index (Phi) is 10.1. The number of methoxy groups -OCH3 is 2. The zero-order chi connectivity index (χ0) is 22.4. The van der Waals surface area contributed by atoms with Crippen molar-refractivity contribution in [3.05, 3.63) is 42.0 Å². The van der Waals surface area contributed by atoms with E-state index in [9.17, 15) is 4.79 Å². The van der Waals surface area contributed by atoms with Crippen molar-refractivity contribution in [1.29, 1.82) is 0 Å². The number of nitrogens with zero attached hydrogens (tertiary/aromatic N) is 3. The Bertz CT molecular complexity index is 999. The smallest absolute Gasteiger partial charge is 0.260 e. The van der Waals surface area contributed by atoms with Crippen LogP contribution in [0, 0.1) is 0 Å². The Morgan fingerprint density at radius 1 is 1.06 bits per heavy atom. The Labute approximate surface area is 204 Å². The average Bonchev–Trinajstić information content (AvgIpc) is 3.26. The number of thiazole rings is 1. The normalized spacial score (nSPS) is 10.8. The zero-order valence-corrected chi connectivity index (χ0v) is 21.5. The molecule has 1 heterocycles. The van der Waals surface area contributed by atoms with Crippen molar-refractivity contribution in [3.63, 3.8) is 0 Å². The van der Waals surface area contributed by atoms with Gasteiger partial charge in [-0.1, -0.05) is 31.3 Å². The molecule has 2 aromatic carbocycles. The summed E-state index contributed by atoms with van der Waals surface area (Å²) in [4.78, 5) is 23.5. The van der Waals surface area contributed by atoms with Crippen LogP contribution in [0.2, 0.25) is 0 Å². The van der Waals surface area contributed by atoms with Crippen LogP contribution < -0.4 is 14.4 Å². The predicted molar refractivity (Wildman–Crippen MR) is 138 cm³/mol. The maximum Gasteiger partial charge on any atom is 0.260 e. The van der Waals surface area contributed by atoms with Gasteiger partial charge in [0, 0.05) is 23.5 Å². The van der Waals surface area contributed by atoms with Crippen molar-refractivity contribution >= 4 is 56.8 Å². The fraction of sp³-hybridized carbons (Fsp3) is 0.391. The summed E-state index contributed by atoms with van der Waals surface area (Å²) in [5.41, 5.74) is 1.37. The van der Waals surface area contributed by atoms with Gasteiger partial charge in [0.1, 0.15) is 21.7 Å². The van der Waals surface area contributed by atoms with Gasteiger partial charge >= 0.3 is 0 Å². The Hall–Kier alpha value is -2.00. The van der Waals surface area contributed by atoms with Gasteiger partial charge in [0.15, 0.2) is 5.13 Å². The van der Waals surface area contributed by atoms with E-state index in [-0.39, 0.29) is 18.3 Å². The van der Waals surface area contributed by atoms with Gasteiger partial charge in [-0.25, -0.2) is 4.98 Å². The molecule has 0 unspecified atom stereocenters. The van der Waals surface area contributed by atoms with Crippen molar-refractivity contribution < 1.29 is 14.3 Å². The fourth-order valence-corrected chi connectivity index (χ4v) is 4.93. The summed E-state index contributed by atoms with van der Waals surface area (Å²) in [6.07, 6.45) is 2.01. The quantitative estimate of drug-likeness (QED) is 0.349. The maximum absolute atomic E-state index is 13.6. The highest BCUT2D eigenvalue weighted by Crippen LogP contribution is 2.40. The first-order valence-corrected chi connectivity index (χ1v) is 12.3. The molecule has 3 aromatic rings. The van der Waals surface area contributed by atoms with Crippen LogP contribution in [0.4, 0.5) is 5.13 Å². The standard InChI is InChI=1S/C23H29N3O3S2.ClH/c1-6-25(7-2)13-14-26(22(27)16-9-8-10-17(15-16)30-5)23-24-20-18(28-3)11-12-19(29-4)21(20)31-23;/h8-12,15H,6-7,13-14H2,1-5H3;1H. The third-order valence-corrected chi connectivity index (χ3v) is 7.04. The van der Waals surface area contributed by atoms with E-state index in [1.54, 1.807) is 30.9 Å². The van der Waals surface area contributed by atoms with E-state index in [1.165, 1.54) is 11.3 Å². The van der Waals surface area contributed by atoms with E-state index in [1.807, 2.05) is 42.7 Å². The molecule has 0 aliphatic rings. The molecular weight excluding hydrogens is 466 g/mol. The summed E-state index contributed by atoms with van der Waals surface area (Å²) in [6, 6.07) is 11.4. The third kappa shape index (κ3) is 5.67. The molecule has 0 saturated heterocycles. The number of amides is 1. The number of ether oxygens (including phenoxy) is 2. The van der Waals surface area contributed by atoms with Crippen LogP contribution in [-0.2, 0) is 0 Å². The van der Waals surface area contributed by atoms with Gasteiger partial charge in [0.25, 0.3) is 5.91 Å².